The van der Waals surface area contributed by atoms with Crippen LogP contribution in [0.5, 0.6) is 23.0 Å². The third-order valence-corrected chi connectivity index (χ3v) is 13.5. The van der Waals surface area contributed by atoms with Crippen molar-refractivity contribution in [2.24, 2.45) is 0 Å². The molecule has 12 aromatic rings. The average Bonchev–Trinajstić information content (AvgIpc) is 3.47. The van der Waals surface area contributed by atoms with Crippen LogP contribution in [0.15, 0.2) is 243 Å². The first-order valence-corrected chi connectivity index (χ1v) is 24.6. The standard InChI is InChI=1S/C36H30O4.C32H22O2/c1-37-23-39-35-31(25-13-5-3-6-14-25)21-27-17-9-11-19-29(27)33(35)34-30-20-12-10-18-28(30)22-32(36(34)40-24-38-2)26-15-7-4-8-16-26;33-31-27(21-11-3-1-4-12-21)19-23-15-7-9-17-25(23)29(31)30-26-18-10-8-16-24(26)20-28(32(30)34)22-13-5-2-6-14-22/h3-22H,23-24H2,1-2H3;1-20,33-34H. The first-order valence-electron chi connectivity index (χ1n) is 24.6. The van der Waals surface area contributed by atoms with E-state index < -0.39 is 0 Å². The smallest absolute Gasteiger partial charge is 0.188 e. The number of hydrogen-bond acceptors (Lipinski definition) is 6. The number of methoxy groups -OCH3 is 2. The Hall–Kier alpha value is -9.20. The first kappa shape index (κ1) is 47.1. The molecule has 0 aliphatic rings. The zero-order chi connectivity index (χ0) is 50.4. The highest BCUT2D eigenvalue weighted by Gasteiger charge is 2.27. The van der Waals surface area contributed by atoms with Crippen LogP contribution in [0.4, 0.5) is 0 Å². The molecule has 0 atom stereocenters. The van der Waals surface area contributed by atoms with Gasteiger partial charge in [0.05, 0.1) is 0 Å². The van der Waals surface area contributed by atoms with Crippen LogP contribution in [-0.4, -0.2) is 38.0 Å². The Labute approximate surface area is 430 Å². The zero-order valence-corrected chi connectivity index (χ0v) is 41.0. The van der Waals surface area contributed by atoms with E-state index in [1.54, 1.807) is 14.2 Å². The molecule has 0 radical (unpaired) electrons. The highest BCUT2D eigenvalue weighted by Crippen LogP contribution is 2.54. The van der Waals surface area contributed by atoms with Crippen molar-refractivity contribution in [3.05, 3.63) is 243 Å². The van der Waals surface area contributed by atoms with Crippen LogP contribution >= 0.6 is 0 Å². The molecule has 12 rings (SSSR count). The van der Waals surface area contributed by atoms with E-state index in [-0.39, 0.29) is 25.1 Å². The van der Waals surface area contributed by atoms with Crippen molar-refractivity contribution < 1.29 is 29.2 Å². The topological polar surface area (TPSA) is 77.4 Å². The fraction of sp³-hybridized carbons (Fsp3) is 0.0588. The lowest BCUT2D eigenvalue weighted by Crippen LogP contribution is -2.06. The van der Waals surface area contributed by atoms with Gasteiger partial charge < -0.3 is 29.2 Å². The lowest BCUT2D eigenvalue weighted by molar-refractivity contribution is 0.0506. The molecular formula is C68H52O6. The van der Waals surface area contributed by atoms with Crippen LogP contribution in [0.2, 0.25) is 0 Å². The summed E-state index contributed by atoms with van der Waals surface area (Å²) in [4.78, 5) is 0. The predicted octanol–water partition coefficient (Wildman–Crippen LogP) is 17.4. The normalized spacial score (nSPS) is 11.2. The summed E-state index contributed by atoms with van der Waals surface area (Å²) in [5, 5.41) is 31.6. The molecule has 0 heterocycles. The van der Waals surface area contributed by atoms with Crippen molar-refractivity contribution in [3.8, 4) is 89.8 Å². The number of phenolic OH excluding ortho intramolecular Hbond substituents is 2. The van der Waals surface area contributed by atoms with Crippen LogP contribution in [0, 0.1) is 0 Å². The average molecular weight is 965 g/mol. The summed E-state index contributed by atoms with van der Waals surface area (Å²) in [6.07, 6.45) is 0. The van der Waals surface area contributed by atoms with Gasteiger partial charge in [-0.1, -0.05) is 218 Å². The molecular weight excluding hydrogens is 913 g/mol. The molecule has 0 aliphatic carbocycles. The maximum Gasteiger partial charge on any atom is 0.188 e. The highest BCUT2D eigenvalue weighted by atomic mass is 16.7. The first-order chi connectivity index (χ1) is 36.5. The molecule has 0 spiro atoms. The van der Waals surface area contributed by atoms with Crippen LogP contribution < -0.4 is 9.47 Å². The lowest BCUT2D eigenvalue weighted by atomic mass is 9.86. The van der Waals surface area contributed by atoms with Gasteiger partial charge in [-0.25, -0.2) is 0 Å². The minimum Gasteiger partial charge on any atom is -0.507 e. The van der Waals surface area contributed by atoms with E-state index in [9.17, 15) is 10.2 Å². The quantitative estimate of drug-likeness (QED) is 0.119. The van der Waals surface area contributed by atoms with E-state index in [2.05, 4.69) is 84.9 Å². The Morgan fingerprint density at radius 2 is 0.527 bits per heavy atom. The van der Waals surface area contributed by atoms with Crippen molar-refractivity contribution in [2.75, 3.05) is 27.8 Å². The Morgan fingerprint density at radius 3 is 0.824 bits per heavy atom. The van der Waals surface area contributed by atoms with Crippen LogP contribution in [0.1, 0.15) is 0 Å². The molecule has 0 aliphatic heterocycles. The van der Waals surface area contributed by atoms with E-state index >= 15 is 0 Å². The summed E-state index contributed by atoms with van der Waals surface area (Å²) < 4.78 is 23.8. The van der Waals surface area contributed by atoms with Gasteiger partial charge in [0.1, 0.15) is 23.0 Å². The Balaban J connectivity index is 0.000000161. The maximum absolute atomic E-state index is 11.7. The van der Waals surface area contributed by atoms with E-state index in [4.69, 9.17) is 18.9 Å². The van der Waals surface area contributed by atoms with Crippen LogP contribution in [0.25, 0.3) is 110 Å². The second-order valence-corrected chi connectivity index (χ2v) is 18.0. The molecule has 12 aromatic carbocycles. The van der Waals surface area contributed by atoms with Gasteiger partial charge in [0.2, 0.25) is 0 Å². The number of aromatic hydroxyl groups is 2. The van der Waals surface area contributed by atoms with Crippen LogP contribution in [-0.2, 0) is 9.47 Å². The van der Waals surface area contributed by atoms with Gasteiger partial charge in [-0.2, -0.15) is 0 Å². The van der Waals surface area contributed by atoms with Crippen LogP contribution in [0.3, 0.4) is 0 Å². The second kappa shape index (κ2) is 21.3. The van der Waals surface area contributed by atoms with Crippen molar-refractivity contribution >= 4 is 43.1 Å². The highest BCUT2D eigenvalue weighted by molar-refractivity contribution is 6.15. The molecule has 2 N–H and O–H groups in total. The summed E-state index contributed by atoms with van der Waals surface area (Å²) in [7, 11) is 3.28. The molecule has 0 aromatic heterocycles. The van der Waals surface area contributed by atoms with Crippen molar-refractivity contribution in [1.29, 1.82) is 0 Å². The minimum absolute atomic E-state index is 0.107. The largest absolute Gasteiger partial charge is 0.507 e. The number of rotatable bonds is 12. The third kappa shape index (κ3) is 9.05. The maximum atomic E-state index is 11.7. The SMILES string of the molecule is COCOc1c(-c2ccccc2)cc2ccccc2c1-c1c(OCOC)c(-c2ccccc2)cc2ccccc12.Oc1c(-c2ccccc2)cc2ccccc2c1-c1c(O)c(-c2ccccc2)cc2ccccc12. The molecule has 0 saturated carbocycles. The fourth-order valence-corrected chi connectivity index (χ4v) is 10.2. The molecule has 0 fully saturated rings. The van der Waals surface area contributed by atoms with Crippen molar-refractivity contribution in [2.45, 2.75) is 0 Å². The van der Waals surface area contributed by atoms with Gasteiger partial charge in [0.25, 0.3) is 0 Å². The Kier molecular flexibility index (Phi) is 13.5. The number of hydrogen-bond donors (Lipinski definition) is 2. The number of phenols is 2. The Bertz CT molecular complexity index is 3670. The van der Waals surface area contributed by atoms with E-state index in [1.807, 2.05) is 158 Å². The molecule has 6 nitrogen and oxygen atoms in total. The van der Waals surface area contributed by atoms with Gasteiger partial charge in [-0.15, -0.1) is 0 Å². The van der Waals surface area contributed by atoms with E-state index in [0.717, 1.165) is 110 Å². The lowest BCUT2D eigenvalue weighted by Gasteiger charge is -2.24. The molecule has 360 valence electrons. The van der Waals surface area contributed by atoms with Crippen molar-refractivity contribution in [3.63, 3.8) is 0 Å². The summed E-state index contributed by atoms with van der Waals surface area (Å²) >= 11 is 0. The van der Waals surface area contributed by atoms with Gasteiger partial charge in [0, 0.05) is 58.7 Å². The molecule has 0 unspecified atom stereocenters. The molecule has 0 amide bonds. The summed E-state index contributed by atoms with van der Waals surface area (Å²) in [5.74, 6) is 1.81. The monoisotopic (exact) mass is 964 g/mol. The second-order valence-electron chi connectivity index (χ2n) is 18.0. The minimum atomic E-state index is 0.107. The molecule has 74 heavy (non-hydrogen) atoms. The third-order valence-electron chi connectivity index (χ3n) is 13.5. The Morgan fingerprint density at radius 1 is 0.284 bits per heavy atom. The molecule has 6 heteroatoms. The van der Waals surface area contributed by atoms with Gasteiger partial charge in [0.15, 0.2) is 13.6 Å². The fourth-order valence-electron chi connectivity index (χ4n) is 10.2. The number of ether oxygens (including phenoxy) is 4. The number of fused-ring (bicyclic) bond motifs is 4. The number of benzene rings is 12. The van der Waals surface area contributed by atoms with Gasteiger partial charge in [-0.05, 0) is 89.6 Å². The van der Waals surface area contributed by atoms with Gasteiger partial charge >= 0.3 is 0 Å². The van der Waals surface area contributed by atoms with Gasteiger partial charge in [-0.3, -0.25) is 0 Å². The predicted molar refractivity (Wildman–Crippen MR) is 304 cm³/mol. The molecule has 0 saturated heterocycles. The van der Waals surface area contributed by atoms with E-state index in [0.29, 0.717) is 11.1 Å². The van der Waals surface area contributed by atoms with E-state index in [1.165, 1.54) is 0 Å². The molecule has 0 bridgehead atoms. The summed E-state index contributed by atoms with van der Waals surface area (Å²) in [5.41, 5.74) is 10.6. The van der Waals surface area contributed by atoms with Crippen molar-refractivity contribution in [1.82, 2.24) is 0 Å². The zero-order valence-electron chi connectivity index (χ0n) is 41.0. The summed E-state index contributed by atoms with van der Waals surface area (Å²) in [6, 6.07) is 81.7. The summed E-state index contributed by atoms with van der Waals surface area (Å²) in [6.45, 7) is 0.214.